The van der Waals surface area contributed by atoms with Crippen LogP contribution in [0.25, 0.3) is 0 Å². The van der Waals surface area contributed by atoms with Crippen LogP contribution in [0.5, 0.6) is 0 Å². The Bertz CT molecular complexity index is 479. The molecule has 2 heterocycles. The molecule has 1 amide bonds. The topological polar surface area (TPSA) is 53.2 Å². The van der Waals surface area contributed by atoms with Gasteiger partial charge < -0.3 is 9.88 Å². The van der Waals surface area contributed by atoms with E-state index in [9.17, 15) is 9.59 Å². The number of H-pyrrole nitrogens is 1. The minimum atomic E-state index is -0.210. The number of piperidine rings is 1. The highest BCUT2D eigenvalue weighted by Crippen LogP contribution is 2.17. The fourth-order valence-corrected chi connectivity index (χ4v) is 2.34. The molecule has 4 heteroatoms. The largest absolute Gasteiger partial charge is 0.337 e. The zero-order valence-corrected chi connectivity index (χ0v) is 10.3. The third-order valence-corrected chi connectivity index (χ3v) is 3.16. The van der Waals surface area contributed by atoms with Crippen molar-refractivity contribution in [3.63, 3.8) is 0 Å². The fourth-order valence-electron chi connectivity index (χ4n) is 2.34. The van der Waals surface area contributed by atoms with Crippen molar-refractivity contribution in [3.05, 3.63) is 33.7 Å². The van der Waals surface area contributed by atoms with Crippen molar-refractivity contribution < 1.29 is 4.79 Å². The zero-order chi connectivity index (χ0) is 12.4. The van der Waals surface area contributed by atoms with Gasteiger partial charge in [0.25, 0.3) is 5.91 Å². The second-order valence-electron chi connectivity index (χ2n) is 4.93. The molecule has 92 valence electrons. The number of likely N-dealkylation sites (tertiary alicyclic amines) is 1. The molecule has 1 fully saturated rings. The first-order valence-electron chi connectivity index (χ1n) is 6.06. The molecule has 0 radical (unpaired) electrons. The molecule has 0 spiro atoms. The average Bonchev–Trinajstić information content (AvgIpc) is 2.26. The highest BCUT2D eigenvalue weighted by Gasteiger charge is 2.22. The van der Waals surface area contributed by atoms with Crippen molar-refractivity contribution in [2.45, 2.75) is 26.7 Å². The summed E-state index contributed by atoms with van der Waals surface area (Å²) in [6.45, 7) is 5.55. The molecule has 1 aromatic rings. The maximum absolute atomic E-state index is 12.2. The van der Waals surface area contributed by atoms with Gasteiger partial charge in [-0.15, -0.1) is 0 Å². The first-order valence-corrected chi connectivity index (χ1v) is 6.06. The number of aryl methyl sites for hydroxylation is 1. The van der Waals surface area contributed by atoms with Crippen LogP contribution >= 0.6 is 0 Å². The molecule has 1 aromatic heterocycles. The second-order valence-corrected chi connectivity index (χ2v) is 4.93. The summed E-state index contributed by atoms with van der Waals surface area (Å²) >= 11 is 0. The Hall–Kier alpha value is -1.58. The van der Waals surface area contributed by atoms with Crippen molar-refractivity contribution in [1.82, 2.24) is 9.88 Å². The molecule has 1 aliphatic rings. The molecule has 1 N–H and O–H groups in total. The lowest BCUT2D eigenvalue weighted by Gasteiger charge is -2.30. The fraction of sp³-hybridized carbons (Fsp3) is 0.538. The van der Waals surface area contributed by atoms with Gasteiger partial charge >= 0.3 is 0 Å². The molecule has 1 aliphatic heterocycles. The van der Waals surface area contributed by atoms with Gasteiger partial charge in [-0.25, -0.2) is 0 Å². The van der Waals surface area contributed by atoms with E-state index in [1.807, 2.05) is 11.8 Å². The summed E-state index contributed by atoms with van der Waals surface area (Å²) in [4.78, 5) is 28.0. The molecule has 4 nitrogen and oxygen atoms in total. The highest BCUT2D eigenvalue weighted by atomic mass is 16.2. The molecule has 1 atom stereocenters. The van der Waals surface area contributed by atoms with Crippen LogP contribution in [0.2, 0.25) is 0 Å². The summed E-state index contributed by atoms with van der Waals surface area (Å²) in [5.41, 5.74) is 1.02. The van der Waals surface area contributed by atoms with E-state index in [1.165, 1.54) is 12.5 Å². The van der Waals surface area contributed by atoms with Crippen molar-refractivity contribution in [2.24, 2.45) is 5.92 Å². The Morgan fingerprint density at radius 3 is 2.88 bits per heavy atom. The Morgan fingerprint density at radius 1 is 1.47 bits per heavy atom. The van der Waals surface area contributed by atoms with Gasteiger partial charge in [0.05, 0.1) is 0 Å². The van der Waals surface area contributed by atoms with Gasteiger partial charge in [-0.1, -0.05) is 6.92 Å². The highest BCUT2D eigenvalue weighted by molar-refractivity contribution is 5.92. The lowest BCUT2D eigenvalue weighted by atomic mass is 10.00. The third-order valence-electron chi connectivity index (χ3n) is 3.16. The molecule has 17 heavy (non-hydrogen) atoms. The van der Waals surface area contributed by atoms with E-state index in [1.54, 1.807) is 6.07 Å². The van der Waals surface area contributed by atoms with E-state index in [0.29, 0.717) is 11.6 Å². The maximum Gasteiger partial charge on any atom is 0.270 e. The van der Waals surface area contributed by atoms with Crippen molar-refractivity contribution in [2.75, 3.05) is 13.1 Å². The summed E-state index contributed by atoms with van der Waals surface area (Å²) in [7, 11) is 0. The van der Waals surface area contributed by atoms with Crippen LogP contribution in [-0.4, -0.2) is 28.9 Å². The summed E-state index contributed by atoms with van der Waals surface area (Å²) in [6.07, 6.45) is 2.22. The van der Waals surface area contributed by atoms with Gasteiger partial charge in [0.2, 0.25) is 5.56 Å². The minimum Gasteiger partial charge on any atom is -0.337 e. The Morgan fingerprint density at radius 2 is 2.24 bits per heavy atom. The van der Waals surface area contributed by atoms with E-state index in [4.69, 9.17) is 0 Å². The SMILES string of the molecule is Cc1cc(C(=O)N2CCCC(C)C2)[nH]c(=O)c1. The minimum absolute atomic E-state index is 0.0580. The average molecular weight is 234 g/mol. The normalized spacial score (nSPS) is 20.4. The Labute approximate surface area is 101 Å². The molecule has 1 saturated heterocycles. The number of rotatable bonds is 1. The number of aromatic nitrogens is 1. The van der Waals surface area contributed by atoms with Crippen molar-refractivity contribution in [3.8, 4) is 0 Å². The molecule has 2 rings (SSSR count). The van der Waals surface area contributed by atoms with Gasteiger partial charge in [0.1, 0.15) is 5.69 Å². The maximum atomic E-state index is 12.2. The molecular weight excluding hydrogens is 216 g/mol. The quantitative estimate of drug-likeness (QED) is 0.801. The van der Waals surface area contributed by atoms with Crippen LogP contribution in [0.1, 0.15) is 35.8 Å². The van der Waals surface area contributed by atoms with Crippen molar-refractivity contribution in [1.29, 1.82) is 0 Å². The number of nitrogens with zero attached hydrogens (tertiary/aromatic N) is 1. The van der Waals surface area contributed by atoms with Gasteiger partial charge in [-0.2, -0.15) is 0 Å². The Kier molecular flexibility index (Phi) is 3.31. The number of pyridine rings is 1. The van der Waals surface area contributed by atoms with E-state index < -0.39 is 0 Å². The van der Waals surface area contributed by atoms with Crippen LogP contribution in [0.3, 0.4) is 0 Å². The second kappa shape index (κ2) is 4.73. The molecule has 0 aromatic carbocycles. The van der Waals surface area contributed by atoms with E-state index in [-0.39, 0.29) is 11.5 Å². The van der Waals surface area contributed by atoms with Gasteiger partial charge in [0, 0.05) is 19.2 Å². The smallest absolute Gasteiger partial charge is 0.270 e. The lowest BCUT2D eigenvalue weighted by Crippen LogP contribution is -2.40. The van der Waals surface area contributed by atoms with E-state index >= 15 is 0 Å². The molecular formula is C13H18N2O2. The predicted molar refractivity (Wildman–Crippen MR) is 66.1 cm³/mol. The number of aromatic amines is 1. The number of nitrogens with one attached hydrogen (secondary N) is 1. The molecule has 0 aliphatic carbocycles. The Balaban J connectivity index is 2.21. The van der Waals surface area contributed by atoms with Crippen LogP contribution < -0.4 is 5.56 Å². The summed E-state index contributed by atoms with van der Waals surface area (Å²) < 4.78 is 0. The first kappa shape index (κ1) is 11.9. The van der Waals surface area contributed by atoms with Crippen LogP contribution in [0.4, 0.5) is 0 Å². The standard InChI is InChI=1S/C13H18N2O2/c1-9-4-3-5-15(8-9)13(17)11-6-10(2)7-12(16)14-11/h6-7,9H,3-5,8H2,1-2H3,(H,14,16). The van der Waals surface area contributed by atoms with Crippen LogP contribution in [0.15, 0.2) is 16.9 Å². The third kappa shape index (κ3) is 2.75. The first-order chi connectivity index (χ1) is 8.06. The number of hydrogen-bond acceptors (Lipinski definition) is 2. The number of amides is 1. The lowest BCUT2D eigenvalue weighted by molar-refractivity contribution is 0.0676. The van der Waals surface area contributed by atoms with Crippen LogP contribution in [0, 0.1) is 12.8 Å². The zero-order valence-electron chi connectivity index (χ0n) is 10.3. The number of carbonyl (C=O) groups is 1. The number of hydrogen-bond donors (Lipinski definition) is 1. The van der Waals surface area contributed by atoms with Gasteiger partial charge in [-0.05, 0) is 37.3 Å². The molecule has 0 saturated carbocycles. The van der Waals surface area contributed by atoms with E-state index in [0.717, 1.165) is 25.1 Å². The number of carbonyl (C=O) groups excluding carboxylic acids is 1. The van der Waals surface area contributed by atoms with Gasteiger partial charge in [0.15, 0.2) is 0 Å². The summed E-state index contributed by atoms with van der Waals surface area (Å²) in [5.74, 6) is 0.488. The van der Waals surface area contributed by atoms with Gasteiger partial charge in [-0.3, -0.25) is 9.59 Å². The summed E-state index contributed by atoms with van der Waals surface area (Å²) in [6, 6.07) is 3.23. The predicted octanol–water partition coefficient (Wildman–Crippen LogP) is 1.56. The van der Waals surface area contributed by atoms with Crippen molar-refractivity contribution >= 4 is 5.91 Å². The monoisotopic (exact) mass is 234 g/mol. The molecule has 0 bridgehead atoms. The van der Waals surface area contributed by atoms with E-state index in [2.05, 4.69) is 11.9 Å². The molecule has 1 unspecified atom stereocenters. The van der Waals surface area contributed by atoms with Crippen LogP contribution in [-0.2, 0) is 0 Å². The summed E-state index contributed by atoms with van der Waals surface area (Å²) in [5, 5.41) is 0.